The van der Waals surface area contributed by atoms with Crippen molar-refractivity contribution in [1.29, 1.82) is 0 Å². The predicted molar refractivity (Wildman–Crippen MR) is 100 cm³/mol. The number of benzene rings is 1. The molecule has 1 atom stereocenters. The molecule has 5 nitrogen and oxygen atoms in total. The molecular formula is C20H24ClN3O2. The van der Waals surface area contributed by atoms with Crippen LogP contribution in [0.15, 0.2) is 36.7 Å². The fraction of sp³-hybridized carbons (Fsp3) is 0.500. The molecule has 1 aromatic heterocycles. The number of hydrogen-bond donors (Lipinski definition) is 0. The number of halogens is 1. The highest BCUT2D eigenvalue weighted by Gasteiger charge is 2.29. The summed E-state index contributed by atoms with van der Waals surface area (Å²) in [6.07, 6.45) is 8.71. The Morgan fingerprint density at radius 2 is 2.19 bits per heavy atom. The fourth-order valence-electron chi connectivity index (χ4n) is 3.62. The Morgan fingerprint density at radius 1 is 1.31 bits per heavy atom. The van der Waals surface area contributed by atoms with Crippen LogP contribution < -0.4 is 4.74 Å². The maximum atomic E-state index is 12.6. The van der Waals surface area contributed by atoms with E-state index in [0.29, 0.717) is 16.7 Å². The largest absolute Gasteiger partial charge is 0.484 e. The van der Waals surface area contributed by atoms with Crippen LogP contribution >= 0.6 is 11.6 Å². The van der Waals surface area contributed by atoms with Crippen LogP contribution in [0.1, 0.15) is 37.4 Å². The number of hydrogen-bond acceptors (Lipinski definition) is 3. The zero-order valence-electron chi connectivity index (χ0n) is 14.8. The Balaban J connectivity index is 1.35. The molecule has 0 N–H and O–H groups in total. The molecule has 1 saturated heterocycles. The number of rotatable bonds is 6. The van der Waals surface area contributed by atoms with Crippen molar-refractivity contribution in [3.63, 3.8) is 0 Å². The lowest BCUT2D eigenvalue weighted by atomic mass is 9.97. The van der Waals surface area contributed by atoms with Crippen LogP contribution in [0.4, 0.5) is 0 Å². The Morgan fingerprint density at radius 3 is 3.00 bits per heavy atom. The first kappa shape index (κ1) is 17.4. The molecule has 1 amide bonds. The summed E-state index contributed by atoms with van der Waals surface area (Å²) in [5.74, 6) is 2.91. The van der Waals surface area contributed by atoms with Crippen molar-refractivity contribution < 1.29 is 9.53 Å². The second kappa shape index (κ2) is 7.70. The van der Waals surface area contributed by atoms with E-state index in [-0.39, 0.29) is 12.5 Å². The highest BCUT2D eigenvalue weighted by atomic mass is 35.5. The van der Waals surface area contributed by atoms with Gasteiger partial charge in [0, 0.05) is 43.0 Å². The summed E-state index contributed by atoms with van der Waals surface area (Å²) in [4.78, 5) is 19.1. The van der Waals surface area contributed by atoms with Gasteiger partial charge in [0.05, 0.1) is 0 Å². The maximum absolute atomic E-state index is 12.6. The lowest BCUT2D eigenvalue weighted by Crippen LogP contribution is -2.42. The van der Waals surface area contributed by atoms with E-state index < -0.39 is 0 Å². The third kappa shape index (κ3) is 4.21. The van der Waals surface area contributed by atoms with Crippen LogP contribution in [0.25, 0.3) is 0 Å². The van der Waals surface area contributed by atoms with Crippen molar-refractivity contribution in [3.05, 3.63) is 47.5 Å². The summed E-state index contributed by atoms with van der Waals surface area (Å²) in [7, 11) is 0. The summed E-state index contributed by atoms with van der Waals surface area (Å²) in [5, 5.41) is 0.607. The minimum Gasteiger partial charge on any atom is -0.484 e. The number of likely N-dealkylation sites (tertiary alicyclic amines) is 1. The molecule has 1 saturated carbocycles. The van der Waals surface area contributed by atoms with E-state index in [1.807, 2.05) is 23.2 Å². The molecule has 4 rings (SSSR count). The smallest absolute Gasteiger partial charge is 0.260 e. The summed E-state index contributed by atoms with van der Waals surface area (Å²) in [6, 6.07) is 7.14. The highest BCUT2D eigenvalue weighted by Crippen LogP contribution is 2.33. The number of imidazole rings is 1. The molecule has 1 aliphatic carbocycles. The second-order valence-corrected chi connectivity index (χ2v) is 7.74. The van der Waals surface area contributed by atoms with E-state index in [2.05, 4.69) is 15.7 Å². The molecule has 0 bridgehead atoms. The zero-order valence-corrected chi connectivity index (χ0v) is 15.6. The SMILES string of the molecule is O=C(COc1cccc(Cl)c1)N1CCC[C@@H](c2nccn2CC2CC2)C1. The second-order valence-electron chi connectivity index (χ2n) is 7.31. The van der Waals surface area contributed by atoms with Gasteiger partial charge in [0.25, 0.3) is 5.91 Å². The number of piperidine rings is 1. The van der Waals surface area contributed by atoms with Gasteiger partial charge in [0.1, 0.15) is 11.6 Å². The van der Waals surface area contributed by atoms with Gasteiger partial charge in [-0.3, -0.25) is 4.79 Å². The van der Waals surface area contributed by atoms with Gasteiger partial charge < -0.3 is 14.2 Å². The van der Waals surface area contributed by atoms with Crippen molar-refractivity contribution in [1.82, 2.24) is 14.5 Å². The van der Waals surface area contributed by atoms with Gasteiger partial charge in [-0.25, -0.2) is 4.98 Å². The highest BCUT2D eigenvalue weighted by molar-refractivity contribution is 6.30. The topological polar surface area (TPSA) is 47.4 Å². The minimum absolute atomic E-state index is 0.0231. The van der Waals surface area contributed by atoms with E-state index in [0.717, 1.165) is 44.2 Å². The van der Waals surface area contributed by atoms with Gasteiger partial charge in [-0.15, -0.1) is 0 Å². The third-order valence-electron chi connectivity index (χ3n) is 5.20. The maximum Gasteiger partial charge on any atom is 0.260 e. The van der Waals surface area contributed by atoms with Crippen LogP contribution in [-0.2, 0) is 11.3 Å². The van der Waals surface area contributed by atoms with E-state index in [1.165, 1.54) is 12.8 Å². The Kier molecular flexibility index (Phi) is 5.16. The Hall–Kier alpha value is -2.01. The molecule has 6 heteroatoms. The minimum atomic E-state index is 0.0231. The molecule has 1 aliphatic heterocycles. The molecule has 1 aromatic carbocycles. The number of aromatic nitrogens is 2. The zero-order chi connectivity index (χ0) is 17.9. The Bertz CT molecular complexity index is 772. The van der Waals surface area contributed by atoms with Crippen molar-refractivity contribution in [2.75, 3.05) is 19.7 Å². The summed E-state index contributed by atoms with van der Waals surface area (Å²) >= 11 is 5.96. The molecule has 0 spiro atoms. The first-order chi connectivity index (χ1) is 12.7. The fourth-order valence-corrected chi connectivity index (χ4v) is 3.80. The summed E-state index contributed by atoms with van der Waals surface area (Å²) in [6.45, 7) is 2.62. The van der Waals surface area contributed by atoms with Crippen molar-refractivity contribution >= 4 is 17.5 Å². The average Bonchev–Trinajstić information content (AvgIpc) is 3.35. The van der Waals surface area contributed by atoms with Crippen molar-refractivity contribution in [2.45, 2.75) is 38.1 Å². The molecule has 138 valence electrons. The molecule has 0 unspecified atom stereocenters. The van der Waals surface area contributed by atoms with Gasteiger partial charge in [-0.05, 0) is 49.8 Å². The van der Waals surface area contributed by atoms with E-state index in [9.17, 15) is 4.79 Å². The van der Waals surface area contributed by atoms with Gasteiger partial charge in [-0.1, -0.05) is 17.7 Å². The molecule has 0 radical (unpaired) electrons. The number of nitrogens with zero attached hydrogens (tertiary/aromatic N) is 3. The third-order valence-corrected chi connectivity index (χ3v) is 5.43. The normalized spacial score (nSPS) is 20.2. The van der Waals surface area contributed by atoms with Gasteiger partial charge in [0.2, 0.25) is 0 Å². The predicted octanol–water partition coefficient (Wildman–Crippen LogP) is 3.73. The molecule has 2 fully saturated rings. The van der Waals surface area contributed by atoms with E-state index in [1.54, 1.807) is 12.1 Å². The van der Waals surface area contributed by atoms with Crippen LogP contribution in [0.3, 0.4) is 0 Å². The van der Waals surface area contributed by atoms with Gasteiger partial charge in [0.15, 0.2) is 6.61 Å². The molecule has 2 aromatic rings. The monoisotopic (exact) mass is 373 g/mol. The van der Waals surface area contributed by atoms with Crippen LogP contribution in [0.2, 0.25) is 5.02 Å². The summed E-state index contributed by atoms with van der Waals surface area (Å²) in [5.41, 5.74) is 0. The molecule has 2 aliphatic rings. The van der Waals surface area contributed by atoms with Crippen LogP contribution in [-0.4, -0.2) is 40.1 Å². The number of amides is 1. The molecule has 2 heterocycles. The quantitative estimate of drug-likeness (QED) is 0.775. The van der Waals surface area contributed by atoms with Crippen LogP contribution in [0, 0.1) is 5.92 Å². The van der Waals surface area contributed by atoms with Gasteiger partial charge in [-0.2, -0.15) is 0 Å². The lowest BCUT2D eigenvalue weighted by Gasteiger charge is -2.32. The number of carbonyl (C=O) groups is 1. The Labute approximate surface area is 158 Å². The van der Waals surface area contributed by atoms with E-state index in [4.69, 9.17) is 16.3 Å². The molecule has 26 heavy (non-hydrogen) atoms. The van der Waals surface area contributed by atoms with Crippen LogP contribution in [0.5, 0.6) is 5.75 Å². The lowest BCUT2D eigenvalue weighted by molar-refractivity contribution is -0.134. The average molecular weight is 374 g/mol. The van der Waals surface area contributed by atoms with E-state index >= 15 is 0 Å². The van der Waals surface area contributed by atoms with Gasteiger partial charge >= 0.3 is 0 Å². The first-order valence-electron chi connectivity index (χ1n) is 9.36. The standard InChI is InChI=1S/C20H24ClN3O2/c21-17-4-1-5-18(11-17)26-14-19(25)23-9-2-3-16(13-23)20-22-8-10-24(20)12-15-6-7-15/h1,4-5,8,10-11,15-16H,2-3,6-7,9,12-14H2/t16-/m1/s1. The van der Waals surface area contributed by atoms with Crippen molar-refractivity contribution in [3.8, 4) is 5.75 Å². The first-order valence-corrected chi connectivity index (χ1v) is 9.74. The van der Waals surface area contributed by atoms with Crippen molar-refractivity contribution in [2.24, 2.45) is 5.92 Å². The molecular weight excluding hydrogens is 350 g/mol. The summed E-state index contributed by atoms with van der Waals surface area (Å²) < 4.78 is 7.91. The number of carbonyl (C=O) groups excluding carboxylic acids is 1. The number of ether oxygens (including phenoxy) is 1.